The Bertz CT molecular complexity index is 659. The average molecular weight is 290 g/mol. The van der Waals surface area contributed by atoms with Crippen LogP contribution in [0, 0.1) is 0 Å². The second-order valence-electron chi connectivity index (χ2n) is 5.33. The highest BCUT2D eigenvalue weighted by molar-refractivity contribution is 5.75. The first kappa shape index (κ1) is 15.3. The number of nitrogens with zero attached hydrogens (tertiary/aromatic N) is 3. The number of carbonyl (C=O) groups excluding carboxylic acids is 1. The standard InChI is InChI=1S/C15H22N4O2/c1-3-4-5-8-12(2)16-14(20)11-19-15(21)18-10-7-6-9-13(18)17-19/h6-7,9-10,12H,3-5,8,11H2,1-2H3,(H,16,20). The third-order valence-corrected chi connectivity index (χ3v) is 3.43. The van der Waals surface area contributed by atoms with E-state index in [1.165, 1.54) is 15.5 Å². The first-order valence-corrected chi connectivity index (χ1v) is 7.45. The van der Waals surface area contributed by atoms with Crippen LogP contribution in [0.5, 0.6) is 0 Å². The first-order valence-electron chi connectivity index (χ1n) is 7.45. The third-order valence-electron chi connectivity index (χ3n) is 3.43. The van der Waals surface area contributed by atoms with E-state index in [4.69, 9.17) is 0 Å². The largest absolute Gasteiger partial charge is 0.352 e. The van der Waals surface area contributed by atoms with Crippen LogP contribution in [0.15, 0.2) is 29.2 Å². The van der Waals surface area contributed by atoms with Gasteiger partial charge in [-0.25, -0.2) is 9.48 Å². The van der Waals surface area contributed by atoms with Crippen molar-refractivity contribution in [2.75, 3.05) is 0 Å². The van der Waals surface area contributed by atoms with E-state index >= 15 is 0 Å². The SMILES string of the molecule is CCCCCC(C)NC(=O)Cn1nc2ccccn2c1=O. The minimum atomic E-state index is -0.292. The summed E-state index contributed by atoms with van der Waals surface area (Å²) in [4.78, 5) is 24.0. The molecule has 0 saturated heterocycles. The van der Waals surface area contributed by atoms with Gasteiger partial charge in [0.2, 0.25) is 5.91 Å². The van der Waals surface area contributed by atoms with Crippen LogP contribution in [-0.2, 0) is 11.3 Å². The number of fused-ring (bicyclic) bond motifs is 1. The molecule has 0 saturated carbocycles. The number of amides is 1. The Morgan fingerprint density at radius 2 is 2.19 bits per heavy atom. The van der Waals surface area contributed by atoms with Crippen molar-refractivity contribution >= 4 is 11.6 Å². The van der Waals surface area contributed by atoms with Gasteiger partial charge in [-0.05, 0) is 25.5 Å². The zero-order valence-corrected chi connectivity index (χ0v) is 12.6. The molecule has 0 spiro atoms. The number of carbonyl (C=O) groups is 1. The lowest BCUT2D eigenvalue weighted by molar-refractivity contribution is -0.122. The van der Waals surface area contributed by atoms with Crippen molar-refractivity contribution < 1.29 is 4.79 Å². The van der Waals surface area contributed by atoms with Crippen LogP contribution in [0.4, 0.5) is 0 Å². The van der Waals surface area contributed by atoms with Crippen molar-refractivity contribution in [1.29, 1.82) is 0 Å². The van der Waals surface area contributed by atoms with Gasteiger partial charge < -0.3 is 5.32 Å². The number of aromatic nitrogens is 3. The fourth-order valence-corrected chi connectivity index (χ4v) is 2.30. The molecule has 0 radical (unpaired) electrons. The van der Waals surface area contributed by atoms with Crippen molar-refractivity contribution in [2.45, 2.75) is 52.1 Å². The van der Waals surface area contributed by atoms with E-state index < -0.39 is 0 Å². The maximum Gasteiger partial charge on any atom is 0.350 e. The average Bonchev–Trinajstić information content (AvgIpc) is 2.76. The van der Waals surface area contributed by atoms with Crippen molar-refractivity contribution in [2.24, 2.45) is 0 Å². The highest BCUT2D eigenvalue weighted by Crippen LogP contribution is 2.02. The number of nitrogens with one attached hydrogen (secondary N) is 1. The molecule has 0 aliphatic heterocycles. The van der Waals surface area contributed by atoms with Crippen molar-refractivity contribution in [3.8, 4) is 0 Å². The fraction of sp³-hybridized carbons (Fsp3) is 0.533. The normalized spacial score (nSPS) is 12.5. The zero-order chi connectivity index (χ0) is 15.2. The Morgan fingerprint density at radius 1 is 1.38 bits per heavy atom. The van der Waals surface area contributed by atoms with Crippen LogP contribution in [-0.4, -0.2) is 26.1 Å². The van der Waals surface area contributed by atoms with E-state index in [2.05, 4.69) is 17.3 Å². The summed E-state index contributed by atoms with van der Waals surface area (Å²) < 4.78 is 2.63. The second-order valence-corrected chi connectivity index (χ2v) is 5.33. The Labute approximate surface area is 123 Å². The minimum absolute atomic E-state index is 0.0430. The van der Waals surface area contributed by atoms with Gasteiger partial charge in [0.15, 0.2) is 5.65 Å². The van der Waals surface area contributed by atoms with Crippen LogP contribution < -0.4 is 11.0 Å². The molecule has 1 N–H and O–H groups in total. The van der Waals surface area contributed by atoms with Gasteiger partial charge in [0, 0.05) is 12.2 Å². The smallest absolute Gasteiger partial charge is 0.350 e. The molecular weight excluding hydrogens is 268 g/mol. The lowest BCUT2D eigenvalue weighted by atomic mass is 10.1. The number of pyridine rings is 1. The summed E-state index contributed by atoms with van der Waals surface area (Å²) in [5.74, 6) is -0.176. The quantitative estimate of drug-likeness (QED) is 0.787. The van der Waals surface area contributed by atoms with Gasteiger partial charge in [-0.3, -0.25) is 9.20 Å². The van der Waals surface area contributed by atoms with Gasteiger partial charge in [-0.2, -0.15) is 0 Å². The monoisotopic (exact) mass is 290 g/mol. The van der Waals surface area contributed by atoms with Crippen molar-refractivity contribution in [3.63, 3.8) is 0 Å². The Hall–Kier alpha value is -2.11. The molecule has 2 rings (SSSR count). The molecule has 2 aromatic heterocycles. The molecular formula is C15H22N4O2. The summed E-state index contributed by atoms with van der Waals surface area (Å²) in [7, 11) is 0. The summed E-state index contributed by atoms with van der Waals surface area (Å²) in [6, 6.07) is 5.43. The van der Waals surface area contributed by atoms with Crippen LogP contribution in [0.25, 0.3) is 5.65 Å². The van der Waals surface area contributed by atoms with E-state index in [9.17, 15) is 9.59 Å². The Morgan fingerprint density at radius 3 is 2.90 bits per heavy atom. The molecule has 0 bridgehead atoms. The molecule has 0 aliphatic rings. The number of hydrogen-bond donors (Lipinski definition) is 1. The van der Waals surface area contributed by atoms with E-state index in [0.717, 1.165) is 19.3 Å². The summed E-state index contributed by atoms with van der Waals surface area (Å²) in [6.07, 6.45) is 6.04. The molecule has 1 atom stereocenters. The molecule has 114 valence electrons. The Balaban J connectivity index is 1.95. The molecule has 21 heavy (non-hydrogen) atoms. The van der Waals surface area contributed by atoms with Crippen LogP contribution in [0.3, 0.4) is 0 Å². The van der Waals surface area contributed by atoms with Crippen molar-refractivity contribution in [3.05, 3.63) is 34.9 Å². The fourth-order valence-electron chi connectivity index (χ4n) is 2.30. The van der Waals surface area contributed by atoms with Gasteiger partial charge in [0.25, 0.3) is 0 Å². The van der Waals surface area contributed by atoms with Gasteiger partial charge in [0.05, 0.1) is 0 Å². The number of hydrogen-bond acceptors (Lipinski definition) is 3. The van der Waals surface area contributed by atoms with Crippen molar-refractivity contribution in [1.82, 2.24) is 19.5 Å². The van der Waals surface area contributed by atoms with E-state index in [0.29, 0.717) is 5.65 Å². The molecule has 2 heterocycles. The minimum Gasteiger partial charge on any atom is -0.352 e. The molecule has 1 unspecified atom stereocenters. The van der Waals surface area contributed by atoms with Crippen LogP contribution in [0.1, 0.15) is 39.5 Å². The maximum absolute atomic E-state index is 12.0. The molecule has 0 aliphatic carbocycles. The molecule has 0 fully saturated rings. The van der Waals surface area contributed by atoms with Gasteiger partial charge >= 0.3 is 5.69 Å². The molecule has 6 heteroatoms. The predicted octanol–water partition coefficient (Wildman–Crippen LogP) is 1.58. The van der Waals surface area contributed by atoms with Crippen LogP contribution in [0.2, 0.25) is 0 Å². The maximum atomic E-state index is 12.0. The van der Waals surface area contributed by atoms with Gasteiger partial charge in [-0.15, -0.1) is 5.10 Å². The lowest BCUT2D eigenvalue weighted by Gasteiger charge is -2.13. The topological polar surface area (TPSA) is 68.4 Å². The second kappa shape index (κ2) is 7.06. The molecule has 2 aromatic rings. The third kappa shape index (κ3) is 3.93. The molecule has 1 amide bonds. The van der Waals surface area contributed by atoms with E-state index in [1.54, 1.807) is 18.3 Å². The summed E-state index contributed by atoms with van der Waals surface area (Å²) >= 11 is 0. The van der Waals surface area contributed by atoms with Gasteiger partial charge in [0.1, 0.15) is 6.54 Å². The predicted molar refractivity (Wildman–Crippen MR) is 81.2 cm³/mol. The van der Waals surface area contributed by atoms with E-state index in [-0.39, 0.29) is 24.2 Å². The summed E-state index contributed by atoms with van der Waals surface area (Å²) in [5.41, 5.74) is 0.255. The van der Waals surface area contributed by atoms with E-state index in [1.807, 2.05) is 13.0 Å². The first-order chi connectivity index (χ1) is 10.1. The molecule has 6 nitrogen and oxygen atoms in total. The zero-order valence-electron chi connectivity index (χ0n) is 12.6. The van der Waals surface area contributed by atoms with Crippen LogP contribution >= 0.6 is 0 Å². The molecule has 0 aromatic carbocycles. The highest BCUT2D eigenvalue weighted by atomic mass is 16.2. The summed E-state index contributed by atoms with van der Waals surface area (Å²) in [5, 5.41) is 7.05. The lowest BCUT2D eigenvalue weighted by Crippen LogP contribution is -2.37. The summed E-state index contributed by atoms with van der Waals surface area (Å²) in [6.45, 7) is 4.09. The Kier molecular flexibility index (Phi) is 5.14. The number of rotatable bonds is 7. The van der Waals surface area contributed by atoms with Gasteiger partial charge in [-0.1, -0.05) is 32.3 Å². The number of unbranched alkanes of at least 4 members (excludes halogenated alkanes) is 2. The highest BCUT2D eigenvalue weighted by Gasteiger charge is 2.12.